The lowest BCUT2D eigenvalue weighted by Crippen LogP contribution is -2.24. The van der Waals surface area contributed by atoms with E-state index < -0.39 is 31.5 Å². The molecule has 0 fully saturated rings. The Morgan fingerprint density at radius 2 is 1.45 bits per heavy atom. The number of aryl methyl sites for hydroxylation is 1. The summed E-state index contributed by atoms with van der Waals surface area (Å²) in [4.78, 5) is 12.1. The van der Waals surface area contributed by atoms with Gasteiger partial charge in [0.25, 0.3) is 10.0 Å². The van der Waals surface area contributed by atoms with Crippen molar-refractivity contribution in [2.24, 2.45) is 0 Å². The van der Waals surface area contributed by atoms with E-state index in [1.807, 2.05) is 13.8 Å². The summed E-state index contributed by atoms with van der Waals surface area (Å²) in [5.74, 6) is -1.19. The molecule has 0 saturated carbocycles. The Balaban J connectivity index is 1.96. The van der Waals surface area contributed by atoms with Crippen LogP contribution in [0.3, 0.4) is 0 Å². The van der Waals surface area contributed by atoms with Gasteiger partial charge < -0.3 is 5.32 Å². The molecule has 2 N–H and O–H groups in total. The minimum Gasteiger partial charge on any atom is -0.325 e. The van der Waals surface area contributed by atoms with E-state index >= 15 is 0 Å². The van der Waals surface area contributed by atoms with E-state index in [-0.39, 0.29) is 10.6 Å². The molecule has 0 aliphatic rings. The highest BCUT2D eigenvalue weighted by Crippen LogP contribution is 2.19. The van der Waals surface area contributed by atoms with Gasteiger partial charge in [0.15, 0.2) is 9.84 Å². The molecule has 29 heavy (non-hydrogen) atoms. The number of anilines is 2. The fourth-order valence-corrected chi connectivity index (χ4v) is 4.91. The van der Waals surface area contributed by atoms with E-state index in [1.54, 1.807) is 12.1 Å². The highest BCUT2D eigenvalue weighted by molar-refractivity contribution is 7.92. The maximum atomic E-state index is 12.4. The summed E-state index contributed by atoms with van der Waals surface area (Å²) >= 11 is 0. The molecule has 0 aliphatic carbocycles. The van der Waals surface area contributed by atoms with E-state index in [9.17, 15) is 21.6 Å². The summed E-state index contributed by atoms with van der Waals surface area (Å²) in [6.45, 7) is 3.84. The third-order valence-corrected chi connectivity index (χ3v) is 7.17. The first-order chi connectivity index (χ1) is 13.6. The van der Waals surface area contributed by atoms with E-state index in [4.69, 9.17) is 0 Å². The third-order valence-electron chi connectivity index (χ3n) is 4.16. The SMILES string of the molecule is CCCCCS(=O)(=O)CC(=O)Nc1ccc(NS(=O)(=O)c2ccc(C)cc2)cc1. The number of rotatable bonds is 10. The van der Waals surface area contributed by atoms with Crippen molar-refractivity contribution in [2.75, 3.05) is 21.5 Å². The summed E-state index contributed by atoms with van der Waals surface area (Å²) < 4.78 is 51.1. The lowest BCUT2D eigenvalue weighted by molar-refractivity contribution is -0.113. The first-order valence-electron chi connectivity index (χ1n) is 9.31. The molecule has 2 aromatic rings. The quantitative estimate of drug-likeness (QED) is 0.553. The number of amides is 1. The monoisotopic (exact) mass is 438 g/mol. The van der Waals surface area contributed by atoms with Crippen LogP contribution in [0, 0.1) is 6.92 Å². The first-order valence-corrected chi connectivity index (χ1v) is 12.6. The fraction of sp³-hybridized carbons (Fsp3) is 0.350. The molecule has 7 nitrogen and oxygen atoms in total. The van der Waals surface area contributed by atoms with Crippen molar-refractivity contribution >= 4 is 37.1 Å². The van der Waals surface area contributed by atoms with Gasteiger partial charge in [-0.3, -0.25) is 9.52 Å². The number of hydrogen-bond donors (Lipinski definition) is 2. The van der Waals surface area contributed by atoms with Crippen molar-refractivity contribution in [3.05, 3.63) is 54.1 Å². The Labute approximate surface area is 172 Å². The van der Waals surface area contributed by atoms with Gasteiger partial charge in [-0.1, -0.05) is 37.5 Å². The smallest absolute Gasteiger partial charge is 0.261 e. The molecule has 0 saturated heterocycles. The summed E-state index contributed by atoms with van der Waals surface area (Å²) in [6.07, 6.45) is 2.25. The Kier molecular flexibility index (Phi) is 7.80. The Bertz CT molecular complexity index is 1030. The summed E-state index contributed by atoms with van der Waals surface area (Å²) in [5.41, 5.74) is 1.67. The lowest BCUT2D eigenvalue weighted by atomic mass is 10.2. The van der Waals surface area contributed by atoms with Crippen LogP contribution in [0.5, 0.6) is 0 Å². The molecule has 158 valence electrons. The van der Waals surface area contributed by atoms with Gasteiger partial charge in [-0.05, 0) is 49.7 Å². The predicted molar refractivity (Wildman–Crippen MR) is 115 cm³/mol. The molecule has 0 unspecified atom stereocenters. The molecule has 0 atom stereocenters. The largest absolute Gasteiger partial charge is 0.325 e. The fourth-order valence-electron chi connectivity index (χ4n) is 2.59. The van der Waals surface area contributed by atoms with Gasteiger partial charge in [0, 0.05) is 11.4 Å². The molecule has 0 aliphatic heterocycles. The highest BCUT2D eigenvalue weighted by Gasteiger charge is 2.17. The van der Waals surface area contributed by atoms with E-state index in [0.717, 1.165) is 18.4 Å². The van der Waals surface area contributed by atoms with E-state index in [0.29, 0.717) is 17.8 Å². The van der Waals surface area contributed by atoms with Crippen LogP contribution in [0.25, 0.3) is 0 Å². The van der Waals surface area contributed by atoms with Gasteiger partial charge in [-0.15, -0.1) is 0 Å². The highest BCUT2D eigenvalue weighted by atomic mass is 32.2. The van der Waals surface area contributed by atoms with Gasteiger partial charge in [0.1, 0.15) is 5.75 Å². The average Bonchev–Trinajstić information content (AvgIpc) is 2.63. The molecular formula is C20H26N2O5S2. The van der Waals surface area contributed by atoms with Crippen molar-refractivity contribution in [1.29, 1.82) is 0 Å². The van der Waals surface area contributed by atoms with Crippen LogP contribution in [0.1, 0.15) is 31.7 Å². The summed E-state index contributed by atoms with van der Waals surface area (Å²) in [6, 6.07) is 12.5. The van der Waals surface area contributed by atoms with E-state index in [2.05, 4.69) is 10.0 Å². The molecule has 2 rings (SSSR count). The van der Waals surface area contributed by atoms with Crippen molar-refractivity contribution in [1.82, 2.24) is 0 Å². The van der Waals surface area contributed by atoms with Gasteiger partial charge in [-0.2, -0.15) is 0 Å². The third kappa shape index (κ3) is 7.51. The number of sulfonamides is 1. The van der Waals surface area contributed by atoms with Crippen LogP contribution in [0.4, 0.5) is 11.4 Å². The summed E-state index contributed by atoms with van der Waals surface area (Å²) in [5, 5.41) is 2.52. The van der Waals surface area contributed by atoms with Crippen LogP contribution < -0.4 is 10.0 Å². The molecule has 0 aromatic heterocycles. The van der Waals surface area contributed by atoms with Gasteiger partial charge in [0.05, 0.1) is 10.6 Å². The molecule has 1 amide bonds. The van der Waals surface area contributed by atoms with Crippen LogP contribution >= 0.6 is 0 Å². The minimum atomic E-state index is -3.72. The van der Waals surface area contributed by atoms with E-state index in [1.165, 1.54) is 36.4 Å². The van der Waals surface area contributed by atoms with Gasteiger partial charge in [-0.25, -0.2) is 16.8 Å². The number of sulfone groups is 1. The van der Waals surface area contributed by atoms with Gasteiger partial charge >= 0.3 is 0 Å². The summed E-state index contributed by atoms with van der Waals surface area (Å²) in [7, 11) is -7.16. The molecule has 0 spiro atoms. The molecule has 2 aromatic carbocycles. The Hall–Kier alpha value is -2.39. The lowest BCUT2D eigenvalue weighted by Gasteiger charge is -2.10. The number of benzene rings is 2. The second-order valence-corrected chi connectivity index (χ2v) is 10.7. The maximum Gasteiger partial charge on any atom is 0.261 e. The van der Waals surface area contributed by atoms with Crippen LogP contribution in [-0.2, 0) is 24.7 Å². The molecule has 0 heterocycles. The number of carbonyl (C=O) groups is 1. The zero-order valence-electron chi connectivity index (χ0n) is 16.5. The standard InChI is InChI=1S/C20H26N2O5S2/c1-3-4-5-14-28(24,25)15-20(23)21-17-8-10-18(11-9-17)22-29(26,27)19-12-6-16(2)7-13-19/h6-13,22H,3-5,14-15H2,1-2H3,(H,21,23). The average molecular weight is 439 g/mol. The van der Waals surface area contributed by atoms with Crippen LogP contribution in [0.15, 0.2) is 53.4 Å². The number of unbranched alkanes of at least 4 members (excludes halogenated alkanes) is 2. The van der Waals surface area contributed by atoms with Crippen molar-refractivity contribution in [3.8, 4) is 0 Å². The molecule has 9 heteroatoms. The van der Waals surface area contributed by atoms with Crippen LogP contribution in [-0.4, -0.2) is 34.2 Å². The minimum absolute atomic E-state index is 0.00596. The number of hydrogen-bond acceptors (Lipinski definition) is 5. The Morgan fingerprint density at radius 1 is 0.862 bits per heavy atom. The Morgan fingerprint density at radius 3 is 2.03 bits per heavy atom. The van der Waals surface area contributed by atoms with Crippen molar-refractivity contribution < 1.29 is 21.6 Å². The molecule has 0 radical (unpaired) electrons. The zero-order valence-corrected chi connectivity index (χ0v) is 18.1. The van der Waals surface area contributed by atoms with Gasteiger partial charge in [0.2, 0.25) is 5.91 Å². The number of nitrogens with one attached hydrogen (secondary N) is 2. The van der Waals surface area contributed by atoms with Crippen molar-refractivity contribution in [3.63, 3.8) is 0 Å². The van der Waals surface area contributed by atoms with Crippen molar-refractivity contribution in [2.45, 2.75) is 38.0 Å². The molecule has 0 bridgehead atoms. The second-order valence-electron chi connectivity index (χ2n) is 6.84. The zero-order chi connectivity index (χ0) is 21.5. The second kappa shape index (κ2) is 9.89. The topological polar surface area (TPSA) is 109 Å². The maximum absolute atomic E-state index is 12.4. The van der Waals surface area contributed by atoms with Crippen LogP contribution in [0.2, 0.25) is 0 Å². The first kappa shape index (κ1) is 22.9. The predicted octanol–water partition coefficient (Wildman–Crippen LogP) is 3.34. The normalized spacial score (nSPS) is 11.8. The molecular weight excluding hydrogens is 412 g/mol. The number of carbonyl (C=O) groups excluding carboxylic acids is 1.